The Morgan fingerprint density at radius 2 is 2.15 bits per heavy atom. The lowest BCUT2D eigenvalue weighted by molar-refractivity contribution is 0.904. The second-order valence-corrected chi connectivity index (χ2v) is 8.37. The van der Waals surface area contributed by atoms with Crippen molar-refractivity contribution in [2.75, 3.05) is 11.9 Å². The van der Waals surface area contributed by atoms with Gasteiger partial charge in [-0.3, -0.25) is 0 Å². The minimum atomic E-state index is 0.299. The molecule has 3 aromatic heterocycles. The van der Waals surface area contributed by atoms with Gasteiger partial charge in [-0.2, -0.15) is 4.98 Å². The quantitative estimate of drug-likeness (QED) is 0.584. The van der Waals surface area contributed by atoms with Gasteiger partial charge < -0.3 is 4.90 Å². The highest BCUT2D eigenvalue weighted by Crippen LogP contribution is 2.32. The first kappa shape index (κ1) is 14.3. The average Bonchev–Trinajstić information content (AvgIpc) is 2.93. The average molecular weight is 389 g/mol. The molecular weight excluding hydrogens is 378 g/mol. The largest absolute Gasteiger partial charge is 0.355 e. The lowest BCUT2D eigenvalue weighted by Crippen LogP contribution is -2.17. The van der Waals surface area contributed by atoms with E-state index in [9.17, 15) is 0 Å². The maximum absolute atomic E-state index is 6.04. The van der Waals surface area contributed by atoms with E-state index in [-0.39, 0.29) is 0 Å². The summed E-state index contributed by atoms with van der Waals surface area (Å²) >= 11 is 12.9. The summed E-state index contributed by atoms with van der Waals surface area (Å²) in [6.07, 6.45) is 0. The Labute approximate surface area is 138 Å². The topological polar surface area (TPSA) is 29.0 Å². The van der Waals surface area contributed by atoms with E-state index in [0.717, 1.165) is 26.4 Å². The third-order valence-corrected chi connectivity index (χ3v) is 5.54. The van der Waals surface area contributed by atoms with Crippen LogP contribution in [-0.4, -0.2) is 17.0 Å². The molecule has 0 amide bonds. The summed E-state index contributed by atoms with van der Waals surface area (Å²) in [6.45, 7) is 2.86. The molecule has 0 aliphatic carbocycles. The van der Waals surface area contributed by atoms with E-state index in [1.807, 2.05) is 7.05 Å². The summed E-state index contributed by atoms with van der Waals surface area (Å²) in [7, 11) is 2.02. The van der Waals surface area contributed by atoms with Crippen molar-refractivity contribution in [1.82, 2.24) is 9.97 Å². The first-order valence-corrected chi connectivity index (χ1v) is 8.77. The summed E-state index contributed by atoms with van der Waals surface area (Å²) in [5, 5.41) is 3.50. The van der Waals surface area contributed by atoms with Gasteiger partial charge in [0, 0.05) is 18.5 Å². The van der Waals surface area contributed by atoms with Crippen molar-refractivity contribution in [2.45, 2.75) is 13.5 Å². The highest BCUT2D eigenvalue weighted by molar-refractivity contribution is 9.11. The van der Waals surface area contributed by atoms with Gasteiger partial charge >= 0.3 is 0 Å². The molecule has 0 aliphatic rings. The second-order valence-electron chi connectivity index (χ2n) is 4.51. The molecule has 0 aromatic carbocycles. The van der Waals surface area contributed by atoms with Crippen molar-refractivity contribution in [2.24, 2.45) is 0 Å². The summed E-state index contributed by atoms with van der Waals surface area (Å²) in [5.74, 6) is 0.881. The van der Waals surface area contributed by atoms with Crippen LogP contribution in [0.5, 0.6) is 0 Å². The monoisotopic (exact) mass is 387 g/mol. The third kappa shape index (κ3) is 2.83. The van der Waals surface area contributed by atoms with Gasteiger partial charge in [0.25, 0.3) is 0 Å². The van der Waals surface area contributed by atoms with Crippen LogP contribution >= 0.6 is 50.2 Å². The number of fused-ring (bicyclic) bond motifs is 1. The molecule has 0 unspecified atom stereocenters. The van der Waals surface area contributed by atoms with Crippen LogP contribution in [0.3, 0.4) is 0 Å². The minimum Gasteiger partial charge on any atom is -0.355 e. The molecule has 0 atom stereocenters. The molecule has 0 bridgehead atoms. The van der Waals surface area contributed by atoms with Crippen molar-refractivity contribution in [3.05, 3.63) is 37.0 Å². The van der Waals surface area contributed by atoms with Crippen molar-refractivity contribution >= 4 is 66.2 Å². The number of thiophene rings is 2. The van der Waals surface area contributed by atoms with E-state index in [0.29, 0.717) is 5.28 Å². The molecule has 0 aliphatic heterocycles. The van der Waals surface area contributed by atoms with Gasteiger partial charge in [-0.15, -0.1) is 22.7 Å². The molecule has 3 heterocycles. The van der Waals surface area contributed by atoms with E-state index >= 15 is 0 Å². The zero-order valence-electron chi connectivity index (χ0n) is 10.9. The van der Waals surface area contributed by atoms with E-state index in [1.54, 1.807) is 22.7 Å². The molecule has 0 fully saturated rings. The Kier molecular flexibility index (Phi) is 3.99. The summed E-state index contributed by atoms with van der Waals surface area (Å²) in [6, 6.07) is 4.24. The number of nitrogens with zero attached hydrogens (tertiary/aromatic N) is 3. The van der Waals surface area contributed by atoms with Gasteiger partial charge in [-0.05, 0) is 57.5 Å². The number of halogens is 2. The second kappa shape index (κ2) is 5.60. The van der Waals surface area contributed by atoms with Crippen LogP contribution in [0.15, 0.2) is 21.3 Å². The van der Waals surface area contributed by atoms with Crippen molar-refractivity contribution in [1.29, 1.82) is 0 Å². The molecule has 3 aromatic rings. The zero-order chi connectivity index (χ0) is 14.3. The van der Waals surface area contributed by atoms with E-state index < -0.39 is 0 Å². The molecule has 0 N–H and O–H groups in total. The molecule has 0 saturated carbocycles. The molecular formula is C13H11BrClN3S2. The van der Waals surface area contributed by atoms with Gasteiger partial charge in [0.2, 0.25) is 5.28 Å². The Morgan fingerprint density at radius 1 is 1.35 bits per heavy atom. The van der Waals surface area contributed by atoms with Crippen LogP contribution in [-0.2, 0) is 6.54 Å². The van der Waals surface area contributed by atoms with Crippen molar-refractivity contribution in [3.8, 4) is 0 Å². The molecule has 0 saturated heterocycles. The summed E-state index contributed by atoms with van der Waals surface area (Å²) < 4.78 is 1.14. The van der Waals surface area contributed by atoms with Crippen molar-refractivity contribution in [3.63, 3.8) is 0 Å². The van der Waals surface area contributed by atoms with Crippen LogP contribution in [0.25, 0.3) is 10.2 Å². The van der Waals surface area contributed by atoms with Gasteiger partial charge in [0.05, 0.1) is 9.17 Å². The fourth-order valence-corrected chi connectivity index (χ4v) is 4.36. The SMILES string of the molecule is Cc1cc2c(N(C)Cc3csc(Br)c3)nc(Cl)nc2s1. The fraction of sp³-hybridized carbons (Fsp3) is 0.231. The predicted molar refractivity (Wildman–Crippen MR) is 91.3 cm³/mol. The van der Waals surface area contributed by atoms with E-state index in [4.69, 9.17) is 11.6 Å². The number of hydrogen-bond acceptors (Lipinski definition) is 5. The van der Waals surface area contributed by atoms with Crippen LogP contribution in [0, 0.1) is 6.92 Å². The van der Waals surface area contributed by atoms with Crippen LogP contribution in [0.2, 0.25) is 5.28 Å². The molecule has 3 rings (SSSR count). The van der Waals surface area contributed by atoms with Crippen molar-refractivity contribution < 1.29 is 0 Å². The molecule has 0 radical (unpaired) electrons. The van der Waals surface area contributed by atoms with E-state index in [2.05, 4.69) is 55.2 Å². The normalized spacial score (nSPS) is 11.2. The molecule has 104 valence electrons. The number of rotatable bonds is 3. The summed E-state index contributed by atoms with van der Waals surface area (Å²) in [5.41, 5.74) is 1.25. The Bertz CT molecular complexity index is 768. The first-order valence-electron chi connectivity index (χ1n) is 5.90. The molecule has 0 spiro atoms. The maximum Gasteiger partial charge on any atom is 0.225 e. The van der Waals surface area contributed by atoms with Gasteiger partial charge in [-0.25, -0.2) is 4.98 Å². The highest BCUT2D eigenvalue weighted by Gasteiger charge is 2.14. The lowest BCUT2D eigenvalue weighted by atomic mass is 10.3. The third-order valence-electron chi connectivity index (χ3n) is 2.87. The Hall–Kier alpha value is -0.690. The van der Waals surface area contributed by atoms with Gasteiger partial charge in [0.1, 0.15) is 10.6 Å². The van der Waals surface area contributed by atoms with Crippen LogP contribution < -0.4 is 4.90 Å². The first-order chi connectivity index (χ1) is 9.52. The lowest BCUT2D eigenvalue weighted by Gasteiger charge is -2.18. The molecule has 20 heavy (non-hydrogen) atoms. The molecule has 7 heteroatoms. The Morgan fingerprint density at radius 3 is 2.85 bits per heavy atom. The number of aryl methyl sites for hydroxylation is 1. The molecule has 3 nitrogen and oxygen atoms in total. The van der Waals surface area contributed by atoms with Gasteiger partial charge in [0.15, 0.2) is 0 Å². The maximum atomic E-state index is 6.04. The zero-order valence-corrected chi connectivity index (χ0v) is 14.8. The standard InChI is InChI=1S/C13H11BrClN3S2/c1-7-3-9-11(16-13(15)17-12(9)20-7)18(2)5-8-4-10(14)19-6-8/h3-4,6H,5H2,1-2H3. The number of anilines is 1. The number of hydrogen-bond donors (Lipinski definition) is 0. The van der Waals surface area contributed by atoms with E-state index in [1.165, 1.54) is 10.4 Å². The van der Waals surface area contributed by atoms with Crippen LogP contribution in [0.4, 0.5) is 5.82 Å². The minimum absolute atomic E-state index is 0.299. The van der Waals surface area contributed by atoms with Gasteiger partial charge in [-0.1, -0.05) is 0 Å². The highest BCUT2D eigenvalue weighted by atomic mass is 79.9. The number of aromatic nitrogens is 2. The Balaban J connectivity index is 1.99. The summed E-state index contributed by atoms with van der Waals surface area (Å²) in [4.78, 5) is 12.9. The smallest absolute Gasteiger partial charge is 0.225 e. The predicted octanol–water partition coefficient (Wildman–Crippen LogP) is 5.11. The van der Waals surface area contributed by atoms with Crippen LogP contribution in [0.1, 0.15) is 10.4 Å². The fourth-order valence-electron chi connectivity index (χ4n) is 2.07.